The predicted octanol–water partition coefficient (Wildman–Crippen LogP) is 2.58. The lowest BCUT2D eigenvalue weighted by molar-refractivity contribution is 0.158. The molecule has 0 radical (unpaired) electrons. The lowest BCUT2D eigenvalue weighted by Gasteiger charge is -2.25. The summed E-state index contributed by atoms with van der Waals surface area (Å²) < 4.78 is 0. The average molecular weight is 289 g/mol. The third-order valence-corrected chi connectivity index (χ3v) is 5.26. The first-order valence-electron chi connectivity index (χ1n) is 8.22. The monoisotopic (exact) mass is 289 g/mol. The van der Waals surface area contributed by atoms with Crippen LogP contribution >= 0.6 is 0 Å². The molecule has 4 nitrogen and oxygen atoms in total. The molecule has 0 amide bonds. The van der Waals surface area contributed by atoms with Crippen LogP contribution in [0.25, 0.3) is 0 Å². The van der Waals surface area contributed by atoms with Gasteiger partial charge in [-0.15, -0.1) is 0 Å². The van der Waals surface area contributed by atoms with E-state index in [2.05, 4.69) is 35.8 Å². The van der Waals surface area contributed by atoms with Crippen molar-refractivity contribution in [2.45, 2.75) is 64.1 Å². The highest BCUT2D eigenvalue weighted by Crippen LogP contribution is 2.45. The third kappa shape index (κ3) is 3.27. The number of fused-ring (bicyclic) bond motifs is 1. The summed E-state index contributed by atoms with van der Waals surface area (Å²) in [5.74, 6) is 2.79. The number of hydrogen-bond acceptors (Lipinski definition) is 4. The molecule has 2 aliphatic rings. The van der Waals surface area contributed by atoms with Crippen molar-refractivity contribution < 1.29 is 5.11 Å². The van der Waals surface area contributed by atoms with E-state index in [1.807, 2.05) is 12.4 Å². The molecule has 1 aromatic rings. The SMILES string of the molecule is CC(C)c1ncc(CN(C)C2C[C@H]3CC(O)C[C@H]3C2)cn1. The second-order valence-electron chi connectivity index (χ2n) is 7.29. The topological polar surface area (TPSA) is 49.2 Å². The fourth-order valence-electron chi connectivity index (χ4n) is 4.07. The summed E-state index contributed by atoms with van der Waals surface area (Å²) in [6.07, 6.45) is 8.41. The highest BCUT2D eigenvalue weighted by molar-refractivity contribution is 5.07. The van der Waals surface area contributed by atoms with Gasteiger partial charge in [-0.25, -0.2) is 9.97 Å². The van der Waals surface area contributed by atoms with Gasteiger partial charge in [0.25, 0.3) is 0 Å². The summed E-state index contributed by atoms with van der Waals surface area (Å²) in [4.78, 5) is 11.4. The van der Waals surface area contributed by atoms with E-state index in [1.54, 1.807) is 0 Å². The second-order valence-corrected chi connectivity index (χ2v) is 7.29. The van der Waals surface area contributed by atoms with Gasteiger partial charge in [0.1, 0.15) is 5.82 Å². The van der Waals surface area contributed by atoms with Gasteiger partial charge in [0.05, 0.1) is 6.10 Å². The number of aliphatic hydroxyl groups excluding tert-OH is 1. The average Bonchev–Trinajstić information content (AvgIpc) is 2.96. The minimum atomic E-state index is -0.0387. The van der Waals surface area contributed by atoms with Gasteiger partial charge < -0.3 is 5.11 Å². The molecule has 2 saturated carbocycles. The van der Waals surface area contributed by atoms with Crippen molar-refractivity contribution in [1.29, 1.82) is 0 Å². The Hall–Kier alpha value is -1.00. The Balaban J connectivity index is 1.56. The molecule has 0 bridgehead atoms. The van der Waals surface area contributed by atoms with Crippen molar-refractivity contribution in [3.63, 3.8) is 0 Å². The number of aliphatic hydroxyl groups is 1. The molecule has 2 unspecified atom stereocenters. The zero-order chi connectivity index (χ0) is 15.0. The summed E-state index contributed by atoms with van der Waals surface area (Å²) in [5.41, 5.74) is 1.19. The number of hydrogen-bond donors (Lipinski definition) is 1. The Bertz CT molecular complexity index is 459. The Morgan fingerprint density at radius 2 is 1.71 bits per heavy atom. The van der Waals surface area contributed by atoms with E-state index in [9.17, 15) is 5.11 Å². The standard InChI is InChI=1S/C17H27N3O/c1-11(2)17-18-8-12(9-19-17)10-20(3)15-4-13-6-16(21)7-14(13)5-15/h8-9,11,13-16,21H,4-7,10H2,1-3H3/t13-,14+,15?,16?. The smallest absolute Gasteiger partial charge is 0.130 e. The van der Waals surface area contributed by atoms with Gasteiger partial charge in [0, 0.05) is 36.5 Å². The fourth-order valence-corrected chi connectivity index (χ4v) is 4.07. The summed E-state index contributed by atoms with van der Waals surface area (Å²) in [6, 6.07) is 0.650. The summed E-state index contributed by atoms with van der Waals surface area (Å²) >= 11 is 0. The van der Waals surface area contributed by atoms with Crippen LogP contribution in [0.1, 0.15) is 56.8 Å². The fraction of sp³-hybridized carbons (Fsp3) is 0.765. The van der Waals surface area contributed by atoms with Crippen LogP contribution in [0.2, 0.25) is 0 Å². The quantitative estimate of drug-likeness (QED) is 0.925. The van der Waals surface area contributed by atoms with Crippen LogP contribution in [0.5, 0.6) is 0 Å². The number of nitrogens with zero attached hydrogens (tertiary/aromatic N) is 3. The molecule has 21 heavy (non-hydrogen) atoms. The van der Waals surface area contributed by atoms with Crippen molar-refractivity contribution in [1.82, 2.24) is 14.9 Å². The van der Waals surface area contributed by atoms with E-state index in [0.29, 0.717) is 12.0 Å². The maximum Gasteiger partial charge on any atom is 0.130 e. The van der Waals surface area contributed by atoms with Crippen molar-refractivity contribution in [3.8, 4) is 0 Å². The van der Waals surface area contributed by atoms with Gasteiger partial charge >= 0.3 is 0 Å². The van der Waals surface area contributed by atoms with E-state index >= 15 is 0 Å². The summed E-state index contributed by atoms with van der Waals surface area (Å²) in [6.45, 7) is 5.16. The maximum atomic E-state index is 9.74. The maximum absolute atomic E-state index is 9.74. The Labute approximate surface area is 127 Å². The van der Waals surface area contributed by atoms with Crippen molar-refractivity contribution in [2.24, 2.45) is 11.8 Å². The van der Waals surface area contributed by atoms with Crippen LogP contribution in [0.3, 0.4) is 0 Å². The first-order valence-corrected chi connectivity index (χ1v) is 8.22. The molecule has 0 spiro atoms. The molecule has 1 aromatic heterocycles. The van der Waals surface area contributed by atoms with Gasteiger partial charge in [0.2, 0.25) is 0 Å². The lowest BCUT2D eigenvalue weighted by Crippen LogP contribution is -2.30. The normalized spacial score (nSPS) is 32.1. The van der Waals surface area contributed by atoms with E-state index < -0.39 is 0 Å². The molecule has 2 fully saturated rings. The molecule has 4 atom stereocenters. The highest BCUT2D eigenvalue weighted by Gasteiger charge is 2.42. The van der Waals surface area contributed by atoms with E-state index in [0.717, 1.165) is 37.0 Å². The minimum absolute atomic E-state index is 0.0387. The van der Waals surface area contributed by atoms with E-state index in [4.69, 9.17) is 0 Å². The molecule has 1 N–H and O–H groups in total. The van der Waals surface area contributed by atoms with Crippen LogP contribution in [-0.4, -0.2) is 39.2 Å². The first kappa shape index (κ1) is 14.9. The highest BCUT2D eigenvalue weighted by atomic mass is 16.3. The van der Waals surface area contributed by atoms with Crippen LogP contribution in [0.15, 0.2) is 12.4 Å². The molecule has 116 valence electrons. The Morgan fingerprint density at radius 1 is 1.14 bits per heavy atom. The Morgan fingerprint density at radius 3 is 2.24 bits per heavy atom. The zero-order valence-electron chi connectivity index (χ0n) is 13.4. The predicted molar refractivity (Wildman–Crippen MR) is 82.8 cm³/mol. The van der Waals surface area contributed by atoms with E-state index in [-0.39, 0.29) is 6.10 Å². The number of rotatable bonds is 4. The molecule has 0 aromatic carbocycles. The lowest BCUT2D eigenvalue weighted by atomic mass is 10.0. The largest absolute Gasteiger partial charge is 0.393 e. The first-order chi connectivity index (χ1) is 10.0. The summed E-state index contributed by atoms with van der Waals surface area (Å²) in [5, 5.41) is 9.74. The van der Waals surface area contributed by atoms with Crippen LogP contribution < -0.4 is 0 Å². The third-order valence-electron chi connectivity index (χ3n) is 5.26. The minimum Gasteiger partial charge on any atom is -0.393 e. The van der Waals surface area contributed by atoms with Gasteiger partial charge in [-0.2, -0.15) is 0 Å². The molecule has 1 heterocycles. The van der Waals surface area contributed by atoms with Gasteiger partial charge in [0.15, 0.2) is 0 Å². The van der Waals surface area contributed by atoms with Gasteiger partial charge in [-0.3, -0.25) is 4.90 Å². The molecule has 4 heteroatoms. The zero-order valence-corrected chi connectivity index (χ0v) is 13.4. The molecular formula is C17H27N3O. The Kier molecular flexibility index (Phi) is 4.27. The van der Waals surface area contributed by atoms with Crippen molar-refractivity contribution in [3.05, 3.63) is 23.8 Å². The van der Waals surface area contributed by atoms with Crippen LogP contribution in [-0.2, 0) is 6.54 Å². The molecule has 0 aliphatic heterocycles. The molecular weight excluding hydrogens is 262 g/mol. The van der Waals surface area contributed by atoms with Gasteiger partial charge in [-0.1, -0.05) is 13.8 Å². The van der Waals surface area contributed by atoms with Crippen molar-refractivity contribution >= 4 is 0 Å². The van der Waals surface area contributed by atoms with Crippen LogP contribution in [0, 0.1) is 11.8 Å². The van der Waals surface area contributed by atoms with Crippen LogP contribution in [0.4, 0.5) is 0 Å². The molecule has 3 rings (SSSR count). The van der Waals surface area contributed by atoms with Gasteiger partial charge in [-0.05, 0) is 44.6 Å². The molecule has 0 saturated heterocycles. The van der Waals surface area contributed by atoms with E-state index in [1.165, 1.54) is 18.4 Å². The molecule has 2 aliphatic carbocycles. The van der Waals surface area contributed by atoms with Crippen molar-refractivity contribution in [2.75, 3.05) is 7.05 Å². The second kappa shape index (κ2) is 6.01. The summed E-state index contributed by atoms with van der Waals surface area (Å²) in [7, 11) is 2.21. The number of aromatic nitrogens is 2.